The maximum absolute atomic E-state index is 11.4. The topological polar surface area (TPSA) is 135 Å². The number of benzene rings is 2. The molecule has 0 unspecified atom stereocenters. The van der Waals surface area contributed by atoms with E-state index in [9.17, 15) is 20.4 Å². The van der Waals surface area contributed by atoms with Crippen molar-refractivity contribution in [2.75, 3.05) is 40.5 Å². The fourth-order valence-corrected chi connectivity index (χ4v) is 2.13. The number of methoxy groups -OCH3 is 2. The van der Waals surface area contributed by atoms with Gasteiger partial charge >= 0.3 is 34.1 Å². The Morgan fingerprint density at radius 1 is 0.719 bits per heavy atom. The molecule has 0 fully saturated rings. The van der Waals surface area contributed by atoms with Crippen molar-refractivity contribution in [3.05, 3.63) is 47.5 Å². The monoisotopic (exact) mass is 540 g/mol. The number of nitrogens with zero attached hydrogens (tertiary/aromatic N) is 2. The summed E-state index contributed by atoms with van der Waals surface area (Å²) in [6.45, 7) is 0.665. The van der Waals surface area contributed by atoms with Crippen LogP contribution in [0.3, 0.4) is 0 Å². The zero-order valence-electron chi connectivity index (χ0n) is 17.8. The minimum atomic E-state index is -0.135. The van der Waals surface area contributed by atoms with Gasteiger partial charge in [0.15, 0.2) is 0 Å². The van der Waals surface area contributed by atoms with E-state index in [4.69, 9.17) is 9.47 Å². The zero-order valence-corrected chi connectivity index (χ0v) is 19.7. The van der Waals surface area contributed by atoms with Gasteiger partial charge < -0.3 is 29.9 Å². The van der Waals surface area contributed by atoms with E-state index in [1.165, 1.54) is 38.8 Å². The fraction of sp³-hybridized carbons (Fsp3) is 0.364. The third-order valence-corrected chi connectivity index (χ3v) is 3.77. The second kappa shape index (κ2) is 19.6. The van der Waals surface area contributed by atoms with E-state index in [1.807, 2.05) is 0 Å². The van der Waals surface area contributed by atoms with Gasteiger partial charge in [-0.15, -0.1) is 13.2 Å². The Morgan fingerprint density at radius 3 is 1.38 bits per heavy atom. The van der Waals surface area contributed by atoms with E-state index in [2.05, 4.69) is 9.98 Å². The minimum Gasteiger partial charge on any atom is -0.872 e. The third kappa shape index (κ3) is 12.7. The Kier molecular flexibility index (Phi) is 19.7. The molecule has 2 aromatic carbocycles. The van der Waals surface area contributed by atoms with Crippen molar-refractivity contribution >= 4 is 12.4 Å². The summed E-state index contributed by atoms with van der Waals surface area (Å²) in [7, 11) is 3.02. The predicted molar refractivity (Wildman–Crippen MR) is 109 cm³/mol. The summed E-state index contributed by atoms with van der Waals surface area (Å²) in [5.41, 5.74) is 1.03. The molecular weight excluding hydrogens is 515 g/mol. The fourth-order valence-electron chi connectivity index (χ4n) is 2.13. The Labute approximate surface area is 210 Å². The average molecular weight is 542 g/mol. The predicted octanol–water partition coefficient (Wildman–Crippen LogP) is -0.129. The molecular formula is C22H26Cu2N2O6. The van der Waals surface area contributed by atoms with Gasteiger partial charge in [-0.1, -0.05) is 23.6 Å². The number of ether oxygens (including phenoxy) is 2. The molecule has 0 aliphatic heterocycles. The second-order valence-corrected chi connectivity index (χ2v) is 5.99. The average Bonchev–Trinajstić information content (AvgIpc) is 2.76. The first-order chi connectivity index (χ1) is 14.5. The van der Waals surface area contributed by atoms with Gasteiger partial charge in [-0.25, -0.2) is 0 Å². The van der Waals surface area contributed by atoms with Crippen LogP contribution in [-0.4, -0.2) is 53.0 Å². The van der Waals surface area contributed by atoms with Gasteiger partial charge in [-0.3, -0.25) is 9.98 Å². The molecule has 10 heteroatoms. The molecule has 0 saturated heterocycles. The molecule has 0 spiro atoms. The molecule has 0 aliphatic rings. The summed E-state index contributed by atoms with van der Waals surface area (Å²) in [6.07, 6.45) is 4.00. The van der Waals surface area contributed by atoms with Gasteiger partial charge in [-0.2, -0.15) is 0 Å². The summed E-state index contributed by atoms with van der Waals surface area (Å²) in [4.78, 5) is 7.96. The van der Waals surface area contributed by atoms with Gasteiger partial charge in [0.05, 0.1) is 14.2 Å². The molecule has 2 rings (SSSR count). The van der Waals surface area contributed by atoms with Crippen molar-refractivity contribution in [3.8, 4) is 23.0 Å². The molecule has 8 nitrogen and oxygen atoms in total. The molecule has 182 valence electrons. The summed E-state index contributed by atoms with van der Waals surface area (Å²) in [5.74, 6) is 0.828. The van der Waals surface area contributed by atoms with Crippen LogP contribution in [0.15, 0.2) is 46.4 Å². The maximum atomic E-state index is 11.4. The van der Waals surface area contributed by atoms with Crippen LogP contribution in [0.2, 0.25) is 0 Å². The normalized spacial score (nSPS) is 10.1. The molecule has 0 bridgehead atoms. The van der Waals surface area contributed by atoms with Crippen LogP contribution in [-0.2, 0) is 34.1 Å². The van der Waals surface area contributed by atoms with Crippen molar-refractivity contribution in [2.24, 2.45) is 9.98 Å². The standard InChI is InChI=1S/2C11H14NO3.2Cu/c2*1-15-10-4-3-9(11(14)7-10)8-12-5-2-6-13;;/h2*3-4,7-8,14H,2,5-6H2,1H3;;/q2*-1;2*+2/p-2. The van der Waals surface area contributed by atoms with E-state index in [1.54, 1.807) is 24.3 Å². The number of aliphatic imine (C=N–C) groups is 2. The van der Waals surface area contributed by atoms with Gasteiger partial charge in [0, 0.05) is 25.5 Å². The van der Waals surface area contributed by atoms with Crippen LogP contribution < -0.4 is 29.9 Å². The summed E-state index contributed by atoms with van der Waals surface area (Å²) in [5, 5.41) is 43.1. The molecule has 0 aliphatic carbocycles. The van der Waals surface area contributed by atoms with Gasteiger partial charge in [0.25, 0.3) is 0 Å². The van der Waals surface area contributed by atoms with E-state index in [0.29, 0.717) is 48.6 Å². The van der Waals surface area contributed by atoms with E-state index in [0.717, 1.165) is 0 Å². The van der Waals surface area contributed by atoms with Crippen LogP contribution in [0.4, 0.5) is 0 Å². The maximum Gasteiger partial charge on any atom is 2.00 e. The smallest absolute Gasteiger partial charge is 0.872 e. The summed E-state index contributed by atoms with van der Waals surface area (Å²) in [6, 6.07) is 9.54. The van der Waals surface area contributed by atoms with Crippen LogP contribution >= 0.6 is 0 Å². The van der Waals surface area contributed by atoms with Gasteiger partial charge in [0.1, 0.15) is 11.5 Å². The molecule has 0 saturated carbocycles. The van der Waals surface area contributed by atoms with Crippen molar-refractivity contribution in [1.29, 1.82) is 0 Å². The quantitative estimate of drug-likeness (QED) is 0.234. The van der Waals surface area contributed by atoms with Crippen molar-refractivity contribution in [3.63, 3.8) is 0 Å². The first-order valence-electron chi connectivity index (χ1n) is 9.41. The molecule has 2 radical (unpaired) electrons. The molecule has 32 heavy (non-hydrogen) atoms. The number of hydrogen-bond donors (Lipinski definition) is 0. The molecule has 0 aromatic heterocycles. The molecule has 0 heterocycles. The Hall–Kier alpha value is -2.06. The largest absolute Gasteiger partial charge is 2.00 e. The minimum absolute atomic E-state index is 0. The second-order valence-electron chi connectivity index (χ2n) is 5.99. The van der Waals surface area contributed by atoms with Crippen molar-refractivity contribution in [1.82, 2.24) is 0 Å². The number of rotatable bonds is 10. The van der Waals surface area contributed by atoms with Crippen molar-refractivity contribution in [2.45, 2.75) is 12.8 Å². The van der Waals surface area contributed by atoms with Crippen LogP contribution in [0, 0.1) is 0 Å². The Morgan fingerprint density at radius 2 is 1.09 bits per heavy atom. The first kappa shape index (κ1) is 32.1. The molecule has 0 amide bonds. The molecule has 0 atom stereocenters. The summed E-state index contributed by atoms with van der Waals surface area (Å²) < 4.78 is 9.81. The van der Waals surface area contributed by atoms with E-state index >= 15 is 0 Å². The van der Waals surface area contributed by atoms with E-state index < -0.39 is 0 Å². The first-order valence-corrected chi connectivity index (χ1v) is 9.41. The zero-order chi connectivity index (χ0) is 22.2. The molecule has 0 N–H and O–H groups in total. The summed E-state index contributed by atoms with van der Waals surface area (Å²) >= 11 is 0. The van der Waals surface area contributed by atoms with Crippen molar-refractivity contribution < 1.29 is 64.0 Å². The van der Waals surface area contributed by atoms with E-state index in [-0.39, 0.29) is 58.9 Å². The van der Waals surface area contributed by atoms with Gasteiger partial charge in [-0.05, 0) is 48.2 Å². The molecule has 2 aromatic rings. The third-order valence-electron chi connectivity index (χ3n) is 3.77. The Balaban J connectivity index is 0. The van der Waals surface area contributed by atoms with Crippen LogP contribution in [0.1, 0.15) is 24.0 Å². The van der Waals surface area contributed by atoms with Crippen LogP contribution in [0.5, 0.6) is 23.0 Å². The number of hydrogen-bond acceptors (Lipinski definition) is 8. The van der Waals surface area contributed by atoms with Crippen LogP contribution in [0.25, 0.3) is 0 Å². The Bertz CT molecular complexity index is 752. The SMILES string of the molecule is COc1ccc(C=NCCC[O-])c([O-])c1.COc1ccc(C=NCCC[O-])c([O-])c1.[Cu+2].[Cu+2]. The van der Waals surface area contributed by atoms with Gasteiger partial charge in [0.2, 0.25) is 0 Å².